The minimum Gasteiger partial charge on any atom is -0.437 e. The predicted octanol–water partition coefficient (Wildman–Crippen LogP) is -1.08. The molecule has 0 aromatic carbocycles. The highest BCUT2D eigenvalue weighted by molar-refractivity contribution is 6.90. The number of rotatable bonds is 8. The molecule has 0 N–H and O–H groups in total. The van der Waals surface area contributed by atoms with Crippen LogP contribution in [0.25, 0.3) is 0 Å². The van der Waals surface area contributed by atoms with Gasteiger partial charge in [0.05, 0.1) is 0 Å². The Hall–Kier alpha value is 1.99. The third-order valence-corrected chi connectivity index (χ3v) is 27.8. The highest BCUT2D eigenvalue weighted by Crippen LogP contribution is 2.25. The molecule has 0 bridgehead atoms. The Morgan fingerprint density at radius 2 is 0.515 bits per heavy atom. The van der Waals surface area contributed by atoms with Crippen LogP contribution >= 0.6 is 0 Å². The number of hydrogen-bond acceptors (Lipinski definition) is 10. The molecule has 21 heteroatoms. The van der Waals surface area contributed by atoms with Gasteiger partial charge in [0.25, 0.3) is 60.0 Å². The summed E-state index contributed by atoms with van der Waals surface area (Å²) >= 11 is 0. The van der Waals surface area contributed by atoms with Crippen molar-refractivity contribution in [2.24, 2.45) is 0 Å². The van der Waals surface area contributed by atoms with E-state index in [1.807, 2.05) is 0 Å². The van der Waals surface area contributed by atoms with Gasteiger partial charge < -0.3 is 41.2 Å². The van der Waals surface area contributed by atoms with E-state index < -0.39 is 102 Å². The molecule has 0 saturated carbocycles. The van der Waals surface area contributed by atoms with Crippen molar-refractivity contribution >= 4 is 102 Å². The average Bonchev–Trinajstić information content (AvgIpc) is 2.48. The van der Waals surface area contributed by atoms with E-state index in [4.69, 9.17) is 41.2 Å². The Morgan fingerprint density at radius 1 is 0.333 bits per heavy atom. The van der Waals surface area contributed by atoms with E-state index in [-0.39, 0.29) is 0 Å². The fourth-order valence-electron chi connectivity index (χ4n) is 3.28. The molecule has 0 amide bonds. The van der Waals surface area contributed by atoms with Gasteiger partial charge in [0.15, 0.2) is 16.6 Å². The summed E-state index contributed by atoms with van der Waals surface area (Å²) in [7, 11) is -14.5. The molecule has 0 aliphatic carbocycles. The smallest absolute Gasteiger partial charge is 0.314 e. The van der Waals surface area contributed by atoms with Crippen LogP contribution in [0.1, 0.15) is 0 Å². The summed E-state index contributed by atoms with van der Waals surface area (Å²) in [4.78, 5) is 0. The number of hydrogen-bond donors (Lipinski definition) is 0. The normalized spacial score (nSPS) is 22.9. The second kappa shape index (κ2) is 16.1. The molecule has 0 aromatic rings. The van der Waals surface area contributed by atoms with Crippen LogP contribution in [0.15, 0.2) is 0 Å². The minimum absolute atomic E-state index is 0.795. The molecule has 1 rings (SSSR count). The van der Waals surface area contributed by atoms with Gasteiger partial charge in [0.2, 0.25) is 0 Å². The minimum atomic E-state index is -2.26. The SMILES string of the molecule is C[Si](C)(C)O[Si](C)(C)O[Si](C)(C)O[Si](C)(C)O[Si](C)(C)C.O1[SiH2]O[SiH2]O[SiH2]O[SiH2]O[SiH2]O[SiH2]1. The summed E-state index contributed by atoms with van der Waals surface area (Å²) in [5.74, 6) is 0. The van der Waals surface area contributed by atoms with Gasteiger partial charge in [-0.05, 0) is 78.6 Å². The van der Waals surface area contributed by atoms with Gasteiger partial charge in [-0.25, -0.2) is 0 Å². The second-order valence-electron chi connectivity index (χ2n) is 10.8. The Balaban J connectivity index is 0.000000716. The van der Waals surface area contributed by atoms with Gasteiger partial charge in [-0.15, -0.1) is 0 Å². The zero-order chi connectivity index (χ0) is 25.8. The molecule has 0 radical (unpaired) electrons. The Bertz CT molecular complexity index is 454. The zero-order valence-electron chi connectivity index (χ0n) is 22.8. The lowest BCUT2D eigenvalue weighted by Gasteiger charge is -2.41. The van der Waals surface area contributed by atoms with Gasteiger partial charge in [0.1, 0.15) is 0 Å². The average molecular weight is 661 g/mol. The van der Waals surface area contributed by atoms with Gasteiger partial charge >= 0.3 is 25.7 Å². The van der Waals surface area contributed by atoms with Gasteiger partial charge in [-0.3, -0.25) is 0 Å². The zero-order valence-corrected chi connectivity index (χ0v) is 36.3. The third-order valence-electron chi connectivity index (χ3n) is 3.09. The molecule has 1 fully saturated rings. The lowest BCUT2D eigenvalue weighted by atomic mass is 11.8. The van der Waals surface area contributed by atoms with Crippen LogP contribution in [0.3, 0.4) is 0 Å². The van der Waals surface area contributed by atoms with Crippen molar-refractivity contribution < 1.29 is 41.2 Å². The molecule has 0 spiro atoms. The molecule has 0 atom stereocenters. The van der Waals surface area contributed by atoms with E-state index in [2.05, 4.69) is 78.6 Å². The van der Waals surface area contributed by atoms with Crippen molar-refractivity contribution in [1.29, 1.82) is 0 Å². The standard InChI is InChI=1S/C12H36O4Si5.H12O6Si6/c1-17(2,3)13-19(7,8)15-21(11,12)16-20(9,10)14-18(4,5)6;1-7-2-9-4-11-6-12-5-10-3-8-1/h1-12H3;7-12H2. The van der Waals surface area contributed by atoms with E-state index >= 15 is 0 Å². The summed E-state index contributed by atoms with van der Waals surface area (Å²) in [6.07, 6.45) is 0. The van der Waals surface area contributed by atoms with Crippen LogP contribution in [0.4, 0.5) is 0 Å². The van der Waals surface area contributed by atoms with Crippen molar-refractivity contribution in [2.45, 2.75) is 78.6 Å². The second-order valence-corrected chi connectivity index (χ2v) is 42.1. The summed E-state index contributed by atoms with van der Waals surface area (Å²) in [5, 5.41) is 0. The maximum absolute atomic E-state index is 6.39. The monoisotopic (exact) mass is 660 g/mol. The van der Waals surface area contributed by atoms with Gasteiger partial charge in [-0.2, -0.15) is 0 Å². The van der Waals surface area contributed by atoms with Crippen molar-refractivity contribution in [3.8, 4) is 0 Å². The molecule has 33 heavy (non-hydrogen) atoms. The van der Waals surface area contributed by atoms with E-state index in [0.29, 0.717) is 0 Å². The van der Waals surface area contributed by atoms with E-state index in [1.54, 1.807) is 0 Å². The van der Waals surface area contributed by atoms with Crippen LogP contribution in [-0.4, -0.2) is 102 Å². The first-order valence-electron chi connectivity index (χ1n) is 11.1. The summed E-state index contributed by atoms with van der Waals surface area (Å²) < 4.78 is 56.8. The molecular weight excluding hydrogens is 613 g/mol. The fourth-order valence-corrected chi connectivity index (χ4v) is 37.0. The molecule has 0 unspecified atom stereocenters. The molecule has 0 aromatic heterocycles. The van der Waals surface area contributed by atoms with Crippen LogP contribution in [-0.2, 0) is 41.2 Å². The third kappa shape index (κ3) is 24.1. The summed E-state index contributed by atoms with van der Waals surface area (Å²) in [5.41, 5.74) is 0. The molecule has 1 saturated heterocycles. The molecule has 10 nitrogen and oxygen atoms in total. The fraction of sp³-hybridized carbons (Fsp3) is 1.00. The van der Waals surface area contributed by atoms with E-state index in [1.165, 1.54) is 0 Å². The first-order valence-corrected chi connectivity index (χ1v) is 33.3. The Kier molecular flexibility index (Phi) is 17.0. The first-order chi connectivity index (χ1) is 14.8. The highest BCUT2D eigenvalue weighted by Gasteiger charge is 2.44. The van der Waals surface area contributed by atoms with E-state index in [0.717, 1.165) is 0 Å². The first kappa shape index (κ1) is 35.0. The molecular formula is C12H48O10Si11. The van der Waals surface area contributed by atoms with Gasteiger partial charge in [0, 0.05) is 0 Å². The largest absolute Gasteiger partial charge is 0.437 e. The van der Waals surface area contributed by atoms with Crippen LogP contribution < -0.4 is 0 Å². The predicted molar refractivity (Wildman–Crippen MR) is 161 cm³/mol. The Labute approximate surface area is 221 Å². The van der Waals surface area contributed by atoms with Crippen LogP contribution in [0.5, 0.6) is 0 Å². The van der Waals surface area contributed by atoms with Crippen LogP contribution in [0.2, 0.25) is 78.6 Å². The summed E-state index contributed by atoms with van der Waals surface area (Å²) in [6, 6.07) is 0. The van der Waals surface area contributed by atoms with Gasteiger partial charge in [-0.1, -0.05) is 0 Å². The Morgan fingerprint density at radius 3 is 0.697 bits per heavy atom. The molecule has 200 valence electrons. The van der Waals surface area contributed by atoms with Crippen molar-refractivity contribution in [3.05, 3.63) is 0 Å². The lowest BCUT2D eigenvalue weighted by molar-refractivity contribution is 0.300. The molecule has 1 heterocycles. The maximum Gasteiger partial charge on any atom is 0.314 e. The van der Waals surface area contributed by atoms with Crippen LogP contribution in [0, 0.1) is 0 Å². The highest BCUT2D eigenvalue weighted by atomic mass is 28.5. The van der Waals surface area contributed by atoms with E-state index in [9.17, 15) is 0 Å². The van der Waals surface area contributed by atoms with Crippen molar-refractivity contribution in [3.63, 3.8) is 0 Å². The molecule has 1 aliphatic rings. The summed E-state index contributed by atoms with van der Waals surface area (Å²) in [6.45, 7) is 25.9. The maximum atomic E-state index is 6.39. The quantitative estimate of drug-likeness (QED) is 0.300. The lowest BCUT2D eigenvalue weighted by Crippen LogP contribution is -2.58. The van der Waals surface area contributed by atoms with Crippen molar-refractivity contribution in [2.75, 3.05) is 0 Å². The van der Waals surface area contributed by atoms with Crippen molar-refractivity contribution in [1.82, 2.24) is 0 Å². The topological polar surface area (TPSA) is 92.3 Å². The molecule has 1 aliphatic heterocycles.